The summed E-state index contributed by atoms with van der Waals surface area (Å²) in [5, 5.41) is -1.86. The van der Waals surface area contributed by atoms with E-state index >= 15 is 115 Å². The average molecular weight is 1210 g/mol. The monoisotopic (exact) mass is 1210 g/mol. The molecule has 4 aliphatic heterocycles. The van der Waals surface area contributed by atoms with E-state index in [0.717, 1.165) is 60.7 Å². The van der Waals surface area contributed by atoms with E-state index in [-0.39, 0.29) is 39.0 Å². The molecular formula is C40H28F24N4O8P2. The second kappa shape index (κ2) is 16.3. The van der Waals surface area contributed by atoms with E-state index in [1.54, 1.807) is 0 Å². The van der Waals surface area contributed by atoms with Crippen LogP contribution < -0.4 is 9.05 Å². The summed E-state index contributed by atoms with van der Waals surface area (Å²) in [4.78, 5) is 30.6. The van der Waals surface area contributed by atoms with Gasteiger partial charge in [-0.25, -0.2) is 0 Å². The predicted octanol–water partition coefficient (Wildman–Crippen LogP) is 13.3. The Morgan fingerprint density at radius 1 is 0.385 bits per heavy atom. The molecule has 12 nitrogen and oxygen atoms in total. The van der Waals surface area contributed by atoms with E-state index in [0.29, 0.717) is 12.1 Å². The van der Waals surface area contributed by atoms with E-state index in [1.165, 1.54) is 0 Å². The Kier molecular flexibility index (Phi) is 12.3. The molecule has 2 amide bonds. The van der Waals surface area contributed by atoms with Gasteiger partial charge in [0.05, 0.1) is 0 Å². The van der Waals surface area contributed by atoms with Crippen molar-refractivity contribution in [2.24, 2.45) is 0 Å². The number of rotatable bonds is 5. The van der Waals surface area contributed by atoms with Crippen LogP contribution in [0.2, 0.25) is 0 Å². The van der Waals surface area contributed by atoms with Crippen molar-refractivity contribution in [1.82, 2.24) is 18.7 Å². The van der Waals surface area contributed by atoms with Crippen LogP contribution in [-0.2, 0) is 18.1 Å². The van der Waals surface area contributed by atoms with Gasteiger partial charge in [0.25, 0.3) is 0 Å². The summed E-state index contributed by atoms with van der Waals surface area (Å²) in [6.07, 6.45) is -65.2. The molecule has 4 aromatic rings. The molecule has 0 bridgehead atoms. The Bertz CT molecular complexity index is 2810. The van der Waals surface area contributed by atoms with Crippen molar-refractivity contribution in [3.05, 3.63) is 83.9 Å². The van der Waals surface area contributed by atoms with Crippen LogP contribution in [0, 0.1) is 0 Å². The number of amides is 2. The molecule has 2 saturated heterocycles. The number of carbonyl (C=O) groups excluding carboxylic acids is 2. The van der Waals surface area contributed by atoms with Crippen molar-refractivity contribution in [3.63, 3.8) is 0 Å². The number of carbonyl (C=O) groups is 2. The van der Waals surface area contributed by atoms with Crippen LogP contribution in [-0.4, -0.2) is 144 Å². The van der Waals surface area contributed by atoms with Crippen molar-refractivity contribution in [2.75, 3.05) is 41.3 Å². The Labute approximate surface area is 417 Å². The van der Waals surface area contributed by atoms with Crippen LogP contribution in [0.25, 0.3) is 21.5 Å². The molecule has 0 radical (unpaired) electrons. The van der Waals surface area contributed by atoms with Crippen molar-refractivity contribution in [3.8, 4) is 11.5 Å². The predicted molar refractivity (Wildman–Crippen MR) is 216 cm³/mol. The quantitative estimate of drug-likeness (QED) is 0.142. The first-order valence-electron chi connectivity index (χ1n) is 20.9. The number of hydrogen-bond acceptors (Lipinski definition) is 10. The summed E-state index contributed by atoms with van der Waals surface area (Å²) in [6.45, 7) is -5.50. The van der Waals surface area contributed by atoms with Gasteiger partial charge in [-0.15, -0.1) is 0 Å². The molecule has 4 heterocycles. The van der Waals surface area contributed by atoms with Crippen LogP contribution >= 0.6 is 15.2 Å². The first kappa shape index (κ1) is 59.0. The van der Waals surface area contributed by atoms with Crippen molar-refractivity contribution in [2.45, 2.75) is 71.8 Å². The summed E-state index contributed by atoms with van der Waals surface area (Å²) in [6, 6.07) is 10.2. The van der Waals surface area contributed by atoms with Crippen LogP contribution in [0.1, 0.15) is 20.7 Å². The van der Waals surface area contributed by atoms with Gasteiger partial charge in [0.1, 0.15) is 0 Å². The van der Waals surface area contributed by atoms with Crippen LogP contribution in [0.15, 0.2) is 72.8 Å². The van der Waals surface area contributed by atoms with Gasteiger partial charge in [0.15, 0.2) is 0 Å². The molecule has 0 aliphatic carbocycles. The number of nitrogens with zero attached hydrogens (tertiary/aromatic N) is 4. The number of fused-ring (bicyclic) bond motifs is 6. The molecule has 0 unspecified atom stereocenters. The molecule has 38 heteroatoms. The minimum atomic E-state index is -8.99. The van der Waals surface area contributed by atoms with Crippen LogP contribution in [0.4, 0.5) is 105 Å². The molecule has 0 atom stereocenters. The van der Waals surface area contributed by atoms with Gasteiger partial charge >= 0.3 is 418 Å². The Balaban J connectivity index is 1.54. The third-order valence-electron chi connectivity index (χ3n) is 13.2. The second-order valence-electron chi connectivity index (χ2n) is 17.7. The number of hydrogen-bond donors (Lipinski definition) is 0. The number of benzene rings is 4. The Morgan fingerprint density at radius 2 is 0.615 bits per heavy atom. The van der Waals surface area contributed by atoms with E-state index in [1.807, 2.05) is 0 Å². The molecule has 2 spiro atoms. The van der Waals surface area contributed by atoms with E-state index in [2.05, 4.69) is 18.1 Å². The maximum absolute atomic E-state index is 15.5. The third kappa shape index (κ3) is 6.78. The maximum atomic E-state index is 15.5. The van der Waals surface area contributed by atoms with Crippen LogP contribution in [0.5, 0.6) is 11.5 Å². The van der Waals surface area contributed by atoms with E-state index < -0.39 is 164 Å². The fraction of sp³-hybridized carbons (Fsp3) is 0.450. The normalized spacial score (nSPS) is 23.7. The van der Waals surface area contributed by atoms with Gasteiger partial charge in [-0.1, -0.05) is 0 Å². The fourth-order valence-electron chi connectivity index (χ4n) is 9.90. The second-order valence-corrected chi connectivity index (χ2v) is 24.6. The number of alkyl halides is 24. The summed E-state index contributed by atoms with van der Waals surface area (Å²) >= 11 is 0. The van der Waals surface area contributed by atoms with Gasteiger partial charge in [0.2, 0.25) is 0 Å². The average Bonchev–Trinajstić information content (AvgIpc) is 3.78. The summed E-state index contributed by atoms with van der Waals surface area (Å²) < 4.78 is 396. The van der Waals surface area contributed by atoms with Crippen molar-refractivity contribution < 1.29 is 142 Å². The fourth-order valence-corrected chi connectivity index (χ4v) is 18.4. The van der Waals surface area contributed by atoms with E-state index in [9.17, 15) is 0 Å². The van der Waals surface area contributed by atoms with Gasteiger partial charge in [-0.3, -0.25) is 0 Å². The van der Waals surface area contributed by atoms with Gasteiger partial charge in [0, 0.05) is 0 Å². The molecule has 8 rings (SSSR count). The van der Waals surface area contributed by atoms with Crippen LogP contribution in [0.3, 0.4) is 0 Å². The van der Waals surface area contributed by atoms with Gasteiger partial charge in [-0.2, -0.15) is 0 Å². The molecular weight excluding hydrogens is 1180 g/mol. The Morgan fingerprint density at radius 3 is 0.833 bits per heavy atom. The van der Waals surface area contributed by atoms with Crippen molar-refractivity contribution in [1.29, 1.82) is 0 Å². The first-order valence-corrected chi connectivity index (χ1v) is 24.7. The first-order chi connectivity index (χ1) is 35.0. The zero-order valence-electron chi connectivity index (χ0n) is 38.4. The standard InChI is InChI=1S/C40H28F24N4O8P2/c1-65(2)77(73-29(33(41,42)43,34(44,45)46)30(74-77,35(47,48)49)36(50,51)52)67(27(69)25-21-11-7-5-9-19(21)13-15-23(25)71-77)17-18-68-28(70)26-22-12-8-6-10-20(22)14-16-24(26)72-78(68,66(3)4)75-31(37(53,54)55,38(56,57)58)32(76-78,39(59,60)61)40(62,63)64/h5-16H,17-18H2,1-4H3. The molecule has 4 aliphatic rings. The van der Waals surface area contributed by atoms with Gasteiger partial charge < -0.3 is 0 Å². The van der Waals surface area contributed by atoms with Crippen molar-refractivity contribution >= 4 is 48.5 Å². The molecule has 78 heavy (non-hydrogen) atoms. The molecule has 434 valence electrons. The van der Waals surface area contributed by atoms with E-state index in [4.69, 9.17) is 9.05 Å². The minimum absolute atomic E-state index is 0.0513. The zero-order valence-corrected chi connectivity index (χ0v) is 40.2. The Hall–Kier alpha value is -5.12. The SMILES string of the molecule is CN(C)P12(Oc3ccc4ccccc4c3C(=O)N1CCN1C(=O)c3c(ccc4ccccc34)OP13(N(C)C)OC(C(F)(F)F)(C(F)(F)F)C(C(F)(F)F)(C(F)(F)F)O3)OC(C(F)(F)F)(C(F)(F)F)C(C(F)(F)F)(C(F)(F)F)O2. The molecule has 0 N–H and O–H groups in total. The summed E-state index contributed by atoms with van der Waals surface area (Å²) in [5.41, 5.74) is -34.4. The summed E-state index contributed by atoms with van der Waals surface area (Å²) in [5.74, 6) is -8.27. The third-order valence-corrected chi connectivity index (χ3v) is 21.6. The van der Waals surface area contributed by atoms with Gasteiger partial charge in [-0.05, 0) is 0 Å². The summed E-state index contributed by atoms with van der Waals surface area (Å²) in [7, 11) is -18.2. The molecule has 0 saturated carbocycles. The zero-order chi connectivity index (χ0) is 59.1. The molecule has 0 aromatic heterocycles. The molecule has 2 fully saturated rings. The topological polar surface area (TPSA) is 102 Å². The number of halogens is 24. The molecule has 4 aromatic carbocycles.